The second kappa shape index (κ2) is 39.4. The minimum absolute atomic E-state index is 0.199. The van der Waals surface area contributed by atoms with Crippen LogP contribution in [-0.4, -0.2) is 120 Å². The van der Waals surface area contributed by atoms with Gasteiger partial charge in [-0.15, -0.1) is 0 Å². The van der Waals surface area contributed by atoms with E-state index < -0.39 is 34.7 Å². The maximum absolute atomic E-state index is 17.4. The van der Waals surface area contributed by atoms with Crippen molar-refractivity contribution in [3.8, 4) is 91.6 Å². The topological polar surface area (TPSA) is 216 Å². The summed E-state index contributed by atoms with van der Waals surface area (Å²) in [6.45, 7) is 31.1. The summed E-state index contributed by atoms with van der Waals surface area (Å²) in [5.74, 6) is 8.17. The van der Waals surface area contributed by atoms with Crippen LogP contribution in [0.4, 0.5) is 0 Å². The summed E-state index contributed by atoms with van der Waals surface area (Å²) in [6, 6.07) is 41.5. The molecule has 0 unspecified atom stereocenters. The van der Waals surface area contributed by atoms with Crippen molar-refractivity contribution >= 4 is 92.5 Å². The zero-order valence-electron chi connectivity index (χ0n) is 80.0. The smallest absolute Gasteiger partial charge is 0.171 e. The zero-order chi connectivity index (χ0) is 94.0. The predicted octanol–water partition coefficient (Wildman–Crippen LogP) is 18.7. The van der Waals surface area contributed by atoms with Gasteiger partial charge in [0.2, 0.25) is 0 Å². The molecule has 12 rings (SSSR count). The van der Waals surface area contributed by atoms with Gasteiger partial charge in [0, 0.05) is 118 Å². The fraction of sp³-hybridized carbons (Fsp3) is 0.327. The molecule has 0 aromatic heterocycles. The number of allylic oxidation sites excluding steroid dienone is 1. The molecule has 0 saturated heterocycles. The third-order valence-electron chi connectivity index (χ3n) is 24.3. The van der Waals surface area contributed by atoms with Crippen LogP contribution >= 0.6 is 28.6 Å². The van der Waals surface area contributed by atoms with Crippen LogP contribution in [-0.2, 0) is 27.7 Å². The molecule has 1 aliphatic rings. The van der Waals surface area contributed by atoms with Gasteiger partial charge in [-0.05, 0) is 321 Å². The number of hydrogen-bond acceptors (Lipinski definition) is 20. The first-order valence-corrected chi connectivity index (χ1v) is 48.7. The first-order chi connectivity index (χ1) is 60.8. The molecule has 128 heavy (non-hydrogen) atoms. The Morgan fingerprint density at radius 1 is 0.219 bits per heavy atom. The maximum Gasteiger partial charge on any atom is 0.171 e. The van der Waals surface area contributed by atoms with Crippen molar-refractivity contribution in [2.45, 2.75) is 123 Å². The number of hydrogen-bond donors (Lipinski definition) is 0. The molecular weight excluding hydrogens is 1690 g/mol. The number of ether oxygens (including phenoxy) is 16. The van der Waals surface area contributed by atoms with Crippen LogP contribution in [0.15, 0.2) is 151 Å². The molecule has 0 spiro atoms. The van der Waals surface area contributed by atoms with E-state index >= 15 is 18.3 Å². The Hall–Kier alpha value is -11.2. The molecule has 1 aliphatic carbocycles. The number of benzene rings is 11. The molecule has 0 saturated carbocycles. The van der Waals surface area contributed by atoms with E-state index in [1.807, 2.05) is 220 Å². The minimum atomic E-state index is -4.03. The highest BCUT2D eigenvalue weighted by molar-refractivity contribution is 7.87. The number of aryl methyl sites for hydroxylation is 16. The Morgan fingerprint density at radius 2 is 0.406 bits per heavy atom. The van der Waals surface area contributed by atoms with Gasteiger partial charge in [-0.3, -0.25) is 0 Å². The lowest BCUT2D eigenvalue weighted by molar-refractivity contribution is 0.136. The second-order valence-electron chi connectivity index (χ2n) is 32.5. The van der Waals surface area contributed by atoms with Gasteiger partial charge in [0.15, 0.2) is 28.6 Å². The molecule has 0 aliphatic heterocycles. The molecule has 0 bridgehead atoms. The van der Waals surface area contributed by atoms with E-state index in [0.29, 0.717) is 172 Å². The van der Waals surface area contributed by atoms with E-state index in [9.17, 15) is 0 Å². The second-order valence-corrected chi connectivity index (χ2v) is 43.5. The van der Waals surface area contributed by atoms with Crippen molar-refractivity contribution in [3.63, 3.8) is 0 Å². The Morgan fingerprint density at radius 3 is 0.578 bits per heavy atom. The highest BCUT2D eigenvalue weighted by atomic mass is 31.2. The highest BCUT2D eigenvalue weighted by Crippen LogP contribution is 2.63. The quantitative estimate of drug-likeness (QED) is 0.0382. The van der Waals surface area contributed by atoms with E-state index in [2.05, 4.69) is 0 Å². The van der Waals surface area contributed by atoms with Crippen LogP contribution < -0.4 is 125 Å². The molecular formula is C104H122O20P4. The lowest BCUT2D eigenvalue weighted by Crippen LogP contribution is -2.31. The van der Waals surface area contributed by atoms with Crippen LogP contribution in [0.25, 0.3) is 16.7 Å². The molecule has 678 valence electrons. The maximum atomic E-state index is 17.4. The van der Waals surface area contributed by atoms with Crippen molar-refractivity contribution in [3.05, 3.63) is 245 Å². The fourth-order valence-electron chi connectivity index (χ4n) is 18.9. The molecule has 20 nitrogen and oxygen atoms in total. The van der Waals surface area contributed by atoms with Crippen molar-refractivity contribution in [1.82, 2.24) is 0 Å². The van der Waals surface area contributed by atoms with Gasteiger partial charge in [-0.25, -0.2) is 0 Å². The van der Waals surface area contributed by atoms with Gasteiger partial charge in [0.25, 0.3) is 0 Å². The summed E-state index contributed by atoms with van der Waals surface area (Å²) >= 11 is 0. The van der Waals surface area contributed by atoms with Crippen LogP contribution in [0, 0.1) is 111 Å². The summed E-state index contributed by atoms with van der Waals surface area (Å²) in [7, 11) is 9.61. The van der Waals surface area contributed by atoms with Gasteiger partial charge in [0.05, 0.1) is 113 Å². The monoisotopic (exact) mass is 1810 g/mol. The predicted molar refractivity (Wildman–Crippen MR) is 521 cm³/mol. The Balaban J connectivity index is 0.000000248. The Labute approximate surface area is 755 Å². The Kier molecular flexibility index (Phi) is 30.0. The van der Waals surface area contributed by atoms with Gasteiger partial charge in [-0.2, -0.15) is 0 Å². The normalized spacial score (nSPS) is 12.9. The van der Waals surface area contributed by atoms with Crippen molar-refractivity contribution < 1.29 is 94.1 Å². The van der Waals surface area contributed by atoms with E-state index in [1.165, 1.54) is 0 Å². The first kappa shape index (κ1) is 97.4. The summed E-state index contributed by atoms with van der Waals surface area (Å²) in [4.78, 5) is 0. The molecule has 0 N–H and O–H groups in total. The van der Waals surface area contributed by atoms with Gasteiger partial charge in [-0.1, -0.05) is 0 Å². The molecule has 0 heterocycles. The SMILES string of the molecule is COC1=C[C@@H](OC)CC(P(=O)(c2cc(C)c(OC)c(C)c2)c2cc(C)c(OC)c(C)c2)=C1c1c(OC)cc(OC)cc1P(=O)(c1cc(C)c(OC)c(C)c1)c1cc(C)c(OC)c(C)c1.COc1cc(OC)c(-c2c(OC)cc(OC)cc2P(=O)(c2cc(C)c(OC)c(C)c2)c2cc(C)c(OC)c(C)c2)c(P(=O)(c2cc(C)c(OC)c(C)c2)c2cc(C)c(OC)c(C)c2)c1. The van der Waals surface area contributed by atoms with E-state index in [1.54, 1.807) is 144 Å². The van der Waals surface area contributed by atoms with Crippen molar-refractivity contribution in [2.24, 2.45) is 0 Å². The number of methoxy groups -OCH3 is 16. The summed E-state index contributed by atoms with van der Waals surface area (Å²) in [5.41, 5.74) is 14.7. The third kappa shape index (κ3) is 17.3. The molecule has 11 aromatic carbocycles. The Bertz CT molecular complexity index is 5810. The van der Waals surface area contributed by atoms with E-state index in [4.69, 9.17) is 75.8 Å². The summed E-state index contributed by atoms with van der Waals surface area (Å²) < 4.78 is 166. The molecule has 0 amide bonds. The molecule has 11 aromatic rings. The van der Waals surface area contributed by atoms with E-state index in [0.717, 1.165) is 89.0 Å². The van der Waals surface area contributed by atoms with Crippen LogP contribution in [0.5, 0.6) is 80.5 Å². The molecule has 24 heteroatoms. The lowest BCUT2D eigenvalue weighted by atomic mass is 9.94. The molecule has 0 radical (unpaired) electrons. The lowest BCUT2D eigenvalue weighted by Gasteiger charge is -2.34. The van der Waals surface area contributed by atoms with Crippen LogP contribution in [0.2, 0.25) is 0 Å². The van der Waals surface area contributed by atoms with Crippen molar-refractivity contribution in [1.29, 1.82) is 0 Å². The third-order valence-corrected chi connectivity index (χ3v) is 36.5. The highest BCUT2D eigenvalue weighted by Gasteiger charge is 2.47. The fourth-order valence-corrected chi connectivity index (χ4v) is 31.9. The van der Waals surface area contributed by atoms with Crippen LogP contribution in [0.3, 0.4) is 0 Å². The molecule has 0 fully saturated rings. The minimum Gasteiger partial charge on any atom is -0.497 e. The first-order valence-electron chi connectivity index (χ1n) is 41.8. The molecule has 1 atom stereocenters. The van der Waals surface area contributed by atoms with Gasteiger partial charge in [0.1, 0.15) is 86.3 Å². The van der Waals surface area contributed by atoms with Crippen molar-refractivity contribution in [2.75, 3.05) is 114 Å². The van der Waals surface area contributed by atoms with Gasteiger partial charge >= 0.3 is 0 Å². The zero-order valence-corrected chi connectivity index (χ0v) is 83.6. The van der Waals surface area contributed by atoms with Gasteiger partial charge < -0.3 is 94.1 Å². The average Bonchev–Trinajstić information content (AvgIpc) is 0.711. The summed E-state index contributed by atoms with van der Waals surface area (Å²) in [5, 5.41) is 6.16. The van der Waals surface area contributed by atoms with E-state index in [-0.39, 0.29) is 6.42 Å². The standard InChI is InChI=1S/C52H62O10P2.C52H60O10P2/c2*1-29-17-39(18-30(2)49(29)59-13)63(53,40-19-31(3)50(60-14)32(4)20-40)45-27-37(55-9)25-43(57-11)47(45)48-44(58-12)26-38(56-10)28-46(48)64(54,41-21-33(5)51(61-15)34(6)22-41)42-23-35(7)52(62-16)36(8)24-42/h17-27,38H,28H2,1-16H3;17-28H,1-16H3/t38-;/m1./s1. The largest absolute Gasteiger partial charge is 0.497 e. The average molecular weight is 1820 g/mol. The number of rotatable bonds is 30. The van der Waals surface area contributed by atoms with Crippen LogP contribution in [0.1, 0.15) is 101 Å². The summed E-state index contributed by atoms with van der Waals surface area (Å²) in [6.07, 6.45) is 1.55.